The lowest BCUT2D eigenvalue weighted by Gasteiger charge is -2.08. The number of methoxy groups -OCH3 is 1. The van der Waals surface area contributed by atoms with E-state index in [1.165, 1.54) is 0 Å². The number of ether oxygens (including phenoxy) is 1. The van der Waals surface area contributed by atoms with E-state index in [4.69, 9.17) is 4.74 Å². The highest BCUT2D eigenvalue weighted by molar-refractivity contribution is 7.14. The molecule has 1 heterocycles. The van der Waals surface area contributed by atoms with Crippen LogP contribution in [-0.4, -0.2) is 12.1 Å². The molecule has 5 heteroatoms. The molecule has 1 aromatic heterocycles. The lowest BCUT2D eigenvalue weighted by Crippen LogP contribution is -2.01. The highest BCUT2D eigenvalue weighted by Gasteiger charge is 2.07. The number of halogens is 1. The normalized spacial score (nSPS) is 10.4. The van der Waals surface area contributed by atoms with Gasteiger partial charge in [-0.15, -0.1) is 0 Å². The minimum atomic E-state index is -0.232. The number of benzene rings is 1. The van der Waals surface area contributed by atoms with Crippen LogP contribution in [0, 0.1) is 19.0 Å². The van der Waals surface area contributed by atoms with Crippen LogP contribution in [-0.2, 0) is 6.54 Å². The van der Waals surface area contributed by atoms with Crippen molar-refractivity contribution in [2.24, 2.45) is 0 Å². The summed E-state index contributed by atoms with van der Waals surface area (Å²) in [4.78, 5) is 4.10. The SMILES string of the molecule is COc1ccc(CNc2nc(C)c(F)s2)c(C)c1. The van der Waals surface area contributed by atoms with Crippen molar-refractivity contribution in [2.45, 2.75) is 20.4 Å². The van der Waals surface area contributed by atoms with Crippen molar-refractivity contribution < 1.29 is 9.13 Å². The van der Waals surface area contributed by atoms with Crippen LogP contribution in [0.3, 0.4) is 0 Å². The summed E-state index contributed by atoms with van der Waals surface area (Å²) in [5, 5.41) is 3.51. The number of aromatic nitrogens is 1. The van der Waals surface area contributed by atoms with Crippen molar-refractivity contribution in [2.75, 3.05) is 12.4 Å². The van der Waals surface area contributed by atoms with Gasteiger partial charge in [0.25, 0.3) is 0 Å². The van der Waals surface area contributed by atoms with Crippen LogP contribution < -0.4 is 10.1 Å². The second kappa shape index (κ2) is 5.35. The Morgan fingerprint density at radius 2 is 2.17 bits per heavy atom. The Balaban J connectivity index is 2.06. The molecule has 0 unspecified atom stereocenters. The molecule has 3 nitrogen and oxygen atoms in total. The summed E-state index contributed by atoms with van der Waals surface area (Å²) in [6, 6.07) is 5.89. The Hall–Kier alpha value is -1.62. The van der Waals surface area contributed by atoms with E-state index in [-0.39, 0.29) is 5.13 Å². The maximum absolute atomic E-state index is 13.1. The van der Waals surface area contributed by atoms with Gasteiger partial charge in [-0.25, -0.2) is 4.98 Å². The van der Waals surface area contributed by atoms with Crippen molar-refractivity contribution in [3.8, 4) is 5.75 Å². The number of hydrogen-bond acceptors (Lipinski definition) is 4. The van der Waals surface area contributed by atoms with Crippen molar-refractivity contribution in [1.29, 1.82) is 0 Å². The van der Waals surface area contributed by atoms with Gasteiger partial charge in [-0.1, -0.05) is 17.4 Å². The quantitative estimate of drug-likeness (QED) is 0.919. The van der Waals surface area contributed by atoms with Crippen molar-refractivity contribution in [3.05, 3.63) is 40.2 Å². The fourth-order valence-corrected chi connectivity index (χ4v) is 2.31. The molecule has 0 atom stereocenters. The molecule has 0 bridgehead atoms. The zero-order valence-corrected chi connectivity index (χ0v) is 11.4. The molecule has 1 N–H and O–H groups in total. The van der Waals surface area contributed by atoms with Crippen LogP contribution >= 0.6 is 11.3 Å². The van der Waals surface area contributed by atoms with Crippen LogP contribution in [0.25, 0.3) is 0 Å². The molecular formula is C13H15FN2OS. The van der Waals surface area contributed by atoms with E-state index in [2.05, 4.69) is 10.3 Å². The minimum Gasteiger partial charge on any atom is -0.497 e. The number of hydrogen-bond donors (Lipinski definition) is 1. The molecule has 1 aromatic carbocycles. The zero-order chi connectivity index (χ0) is 13.1. The zero-order valence-electron chi connectivity index (χ0n) is 10.6. The highest BCUT2D eigenvalue weighted by atomic mass is 32.1. The fourth-order valence-electron chi connectivity index (χ4n) is 1.62. The Kier molecular flexibility index (Phi) is 3.81. The first-order valence-corrected chi connectivity index (χ1v) is 6.42. The molecular weight excluding hydrogens is 251 g/mol. The number of aryl methyl sites for hydroxylation is 2. The number of nitrogens with zero attached hydrogens (tertiary/aromatic N) is 1. The molecule has 0 fully saturated rings. The van der Waals surface area contributed by atoms with Gasteiger partial charge in [0.2, 0.25) is 5.13 Å². The Morgan fingerprint density at radius 3 is 2.72 bits per heavy atom. The first-order chi connectivity index (χ1) is 8.60. The van der Waals surface area contributed by atoms with Gasteiger partial charge in [0.05, 0.1) is 12.8 Å². The number of thiazole rings is 1. The third kappa shape index (κ3) is 2.79. The van der Waals surface area contributed by atoms with E-state index in [9.17, 15) is 4.39 Å². The van der Waals surface area contributed by atoms with Gasteiger partial charge in [-0.05, 0) is 37.1 Å². The Labute approximate surface area is 110 Å². The van der Waals surface area contributed by atoms with E-state index in [1.54, 1.807) is 14.0 Å². The third-order valence-electron chi connectivity index (χ3n) is 2.72. The molecule has 18 heavy (non-hydrogen) atoms. The lowest BCUT2D eigenvalue weighted by molar-refractivity contribution is 0.414. The van der Waals surface area contributed by atoms with Crippen LogP contribution in [0.5, 0.6) is 5.75 Å². The summed E-state index contributed by atoms with van der Waals surface area (Å²) >= 11 is 1.03. The van der Waals surface area contributed by atoms with Gasteiger partial charge in [-0.2, -0.15) is 4.39 Å². The molecule has 0 aliphatic carbocycles. The van der Waals surface area contributed by atoms with Gasteiger partial charge < -0.3 is 10.1 Å². The molecule has 2 aromatic rings. The van der Waals surface area contributed by atoms with Gasteiger partial charge in [-0.3, -0.25) is 0 Å². The summed E-state index contributed by atoms with van der Waals surface area (Å²) in [7, 11) is 1.65. The van der Waals surface area contributed by atoms with E-state index in [0.717, 1.165) is 28.2 Å². The molecule has 0 aliphatic rings. The average molecular weight is 266 g/mol. The Bertz CT molecular complexity index is 534. The fraction of sp³-hybridized carbons (Fsp3) is 0.308. The summed E-state index contributed by atoms with van der Waals surface area (Å²) < 4.78 is 18.3. The summed E-state index contributed by atoms with van der Waals surface area (Å²) in [6.45, 7) is 4.31. The third-order valence-corrected chi connectivity index (χ3v) is 3.62. The van der Waals surface area contributed by atoms with Crippen LogP contribution in [0.15, 0.2) is 18.2 Å². The summed E-state index contributed by atoms with van der Waals surface area (Å²) in [6.07, 6.45) is 0. The molecule has 96 valence electrons. The second-order valence-corrected chi connectivity index (χ2v) is 4.97. The molecule has 0 saturated heterocycles. The lowest BCUT2D eigenvalue weighted by atomic mass is 10.1. The number of nitrogens with one attached hydrogen (secondary N) is 1. The predicted octanol–water partition coefficient (Wildman–Crippen LogP) is 3.52. The molecule has 0 spiro atoms. The topological polar surface area (TPSA) is 34.1 Å². The molecule has 0 amide bonds. The largest absolute Gasteiger partial charge is 0.497 e. The molecule has 0 saturated carbocycles. The monoisotopic (exact) mass is 266 g/mol. The minimum absolute atomic E-state index is 0.232. The van der Waals surface area contributed by atoms with E-state index < -0.39 is 0 Å². The van der Waals surface area contributed by atoms with Gasteiger partial charge in [0, 0.05) is 6.54 Å². The van der Waals surface area contributed by atoms with Crippen LogP contribution in [0.2, 0.25) is 0 Å². The number of rotatable bonds is 4. The predicted molar refractivity (Wildman–Crippen MR) is 71.9 cm³/mol. The average Bonchev–Trinajstić information content (AvgIpc) is 2.67. The van der Waals surface area contributed by atoms with Gasteiger partial charge in [0.1, 0.15) is 5.75 Å². The molecule has 0 aliphatic heterocycles. The standard InChI is InChI=1S/C13H15FN2OS/c1-8-6-11(17-3)5-4-10(8)7-15-13-16-9(2)12(14)18-13/h4-6H,7H2,1-3H3,(H,15,16). The Morgan fingerprint density at radius 1 is 1.39 bits per heavy atom. The van der Waals surface area contributed by atoms with Gasteiger partial charge in [0.15, 0.2) is 5.13 Å². The number of anilines is 1. The highest BCUT2D eigenvalue weighted by Crippen LogP contribution is 2.22. The second-order valence-electron chi connectivity index (χ2n) is 4.02. The van der Waals surface area contributed by atoms with Gasteiger partial charge >= 0.3 is 0 Å². The maximum atomic E-state index is 13.1. The maximum Gasteiger partial charge on any atom is 0.201 e. The van der Waals surface area contributed by atoms with Crippen LogP contribution in [0.4, 0.5) is 9.52 Å². The summed E-state index contributed by atoms with van der Waals surface area (Å²) in [5.41, 5.74) is 2.72. The molecule has 2 rings (SSSR count). The van der Waals surface area contributed by atoms with E-state index >= 15 is 0 Å². The first kappa shape index (κ1) is 12.8. The van der Waals surface area contributed by atoms with Crippen molar-refractivity contribution in [1.82, 2.24) is 4.98 Å². The van der Waals surface area contributed by atoms with Crippen molar-refractivity contribution >= 4 is 16.5 Å². The first-order valence-electron chi connectivity index (χ1n) is 5.60. The smallest absolute Gasteiger partial charge is 0.201 e. The van der Waals surface area contributed by atoms with Crippen LogP contribution in [0.1, 0.15) is 16.8 Å². The van der Waals surface area contributed by atoms with E-state index in [0.29, 0.717) is 17.4 Å². The summed E-state index contributed by atoms with van der Waals surface area (Å²) in [5.74, 6) is 0.840. The molecule has 0 radical (unpaired) electrons. The van der Waals surface area contributed by atoms with Crippen molar-refractivity contribution in [3.63, 3.8) is 0 Å². The van der Waals surface area contributed by atoms with E-state index in [1.807, 2.05) is 25.1 Å².